The first-order chi connectivity index (χ1) is 9.95. The van der Waals surface area contributed by atoms with Crippen LogP contribution in [0.25, 0.3) is 6.08 Å². The van der Waals surface area contributed by atoms with E-state index in [4.69, 9.17) is 5.11 Å². The maximum atomic E-state index is 12.1. The Morgan fingerprint density at radius 1 is 1.33 bits per heavy atom. The van der Waals surface area contributed by atoms with Crippen LogP contribution in [-0.2, 0) is 4.79 Å². The molecule has 0 saturated heterocycles. The number of carboxylic acids is 1. The summed E-state index contributed by atoms with van der Waals surface area (Å²) in [5.41, 5.74) is 2.05. The lowest BCUT2D eigenvalue weighted by molar-refractivity contribution is -0.131. The van der Waals surface area contributed by atoms with E-state index in [2.05, 4.69) is 10.3 Å². The number of hydrogen-bond acceptors (Lipinski definition) is 4. The molecule has 21 heavy (non-hydrogen) atoms. The van der Waals surface area contributed by atoms with Gasteiger partial charge < -0.3 is 5.11 Å². The van der Waals surface area contributed by atoms with Gasteiger partial charge in [-0.15, -0.1) is 11.3 Å². The van der Waals surface area contributed by atoms with E-state index in [0.29, 0.717) is 16.3 Å². The van der Waals surface area contributed by atoms with Crippen molar-refractivity contribution in [2.24, 2.45) is 0 Å². The van der Waals surface area contributed by atoms with Gasteiger partial charge in [-0.05, 0) is 43.2 Å². The van der Waals surface area contributed by atoms with Crippen molar-refractivity contribution in [2.75, 3.05) is 5.32 Å². The molecule has 0 aliphatic heterocycles. The molecule has 0 bridgehead atoms. The maximum Gasteiger partial charge on any atom is 0.328 e. The summed E-state index contributed by atoms with van der Waals surface area (Å²) in [6, 6.07) is 5.14. The molecule has 2 rings (SSSR count). The van der Waals surface area contributed by atoms with Crippen molar-refractivity contribution in [3.05, 3.63) is 52.0 Å². The fourth-order valence-corrected chi connectivity index (χ4v) is 2.36. The van der Waals surface area contributed by atoms with Gasteiger partial charge in [-0.1, -0.05) is 6.07 Å². The fraction of sp³-hybridized carbons (Fsp3) is 0.133. The summed E-state index contributed by atoms with van der Waals surface area (Å²) >= 11 is 1.40. The van der Waals surface area contributed by atoms with E-state index in [9.17, 15) is 9.59 Å². The number of carboxylic acid groups (broad SMARTS) is 1. The first kappa shape index (κ1) is 14.9. The normalized spacial score (nSPS) is 10.8. The zero-order chi connectivity index (χ0) is 15.4. The Morgan fingerprint density at radius 3 is 2.71 bits per heavy atom. The highest BCUT2D eigenvalue weighted by atomic mass is 32.1. The number of aliphatic carboxylic acids is 1. The topological polar surface area (TPSA) is 79.3 Å². The number of nitrogens with zero attached hydrogens (tertiary/aromatic N) is 1. The van der Waals surface area contributed by atoms with E-state index in [1.165, 1.54) is 17.4 Å². The van der Waals surface area contributed by atoms with Gasteiger partial charge in [-0.3, -0.25) is 10.1 Å². The molecule has 0 unspecified atom stereocenters. The molecule has 2 aromatic rings. The van der Waals surface area contributed by atoms with Crippen molar-refractivity contribution in [1.29, 1.82) is 0 Å². The Bertz CT molecular complexity index is 719. The molecule has 0 saturated carbocycles. The molecule has 2 N–H and O–H groups in total. The molecular weight excluding hydrogens is 288 g/mol. The Labute approximate surface area is 126 Å². The van der Waals surface area contributed by atoms with Crippen molar-refractivity contribution < 1.29 is 14.7 Å². The molecule has 0 fully saturated rings. The van der Waals surface area contributed by atoms with Crippen LogP contribution in [0.3, 0.4) is 0 Å². The Morgan fingerprint density at radius 2 is 2.10 bits per heavy atom. The minimum Gasteiger partial charge on any atom is -0.478 e. The van der Waals surface area contributed by atoms with Crippen molar-refractivity contribution in [2.45, 2.75) is 13.8 Å². The van der Waals surface area contributed by atoms with E-state index in [0.717, 1.165) is 16.5 Å². The SMILES string of the molecule is Cc1cnc(NC(=O)c2ccc(C)c(/C=C/C(=O)O)c2)s1. The third-order valence-electron chi connectivity index (χ3n) is 2.79. The van der Waals surface area contributed by atoms with Gasteiger partial charge in [-0.2, -0.15) is 0 Å². The third kappa shape index (κ3) is 4.00. The third-order valence-corrected chi connectivity index (χ3v) is 3.62. The highest BCUT2D eigenvalue weighted by Gasteiger charge is 2.09. The van der Waals surface area contributed by atoms with Gasteiger partial charge in [0.15, 0.2) is 5.13 Å². The molecule has 1 heterocycles. The molecule has 0 aliphatic rings. The molecule has 108 valence electrons. The van der Waals surface area contributed by atoms with Crippen molar-refractivity contribution >= 4 is 34.4 Å². The Kier molecular flexibility index (Phi) is 4.49. The minimum absolute atomic E-state index is 0.269. The molecule has 6 heteroatoms. The molecular formula is C15H14N2O3S. The molecule has 0 spiro atoms. The van der Waals surface area contributed by atoms with Crippen LogP contribution in [0.15, 0.2) is 30.5 Å². The van der Waals surface area contributed by atoms with Crippen molar-refractivity contribution in [3.63, 3.8) is 0 Å². The van der Waals surface area contributed by atoms with Crippen molar-refractivity contribution in [1.82, 2.24) is 4.98 Å². The number of carbonyl (C=O) groups is 2. The number of nitrogens with one attached hydrogen (secondary N) is 1. The van der Waals surface area contributed by atoms with Gasteiger partial charge in [0.1, 0.15) is 0 Å². The summed E-state index contributed by atoms with van der Waals surface area (Å²) in [6.07, 6.45) is 4.21. The van der Waals surface area contributed by atoms with E-state index >= 15 is 0 Å². The van der Waals surface area contributed by atoms with Crippen LogP contribution in [0.1, 0.15) is 26.4 Å². The van der Waals surface area contributed by atoms with Crippen LogP contribution < -0.4 is 5.32 Å². The Hall–Kier alpha value is -2.47. The lowest BCUT2D eigenvalue weighted by Gasteiger charge is -2.05. The minimum atomic E-state index is -1.03. The van der Waals surface area contributed by atoms with Gasteiger partial charge in [0.05, 0.1) is 0 Å². The number of rotatable bonds is 4. The van der Waals surface area contributed by atoms with Crippen LogP contribution >= 0.6 is 11.3 Å². The van der Waals surface area contributed by atoms with E-state index in [-0.39, 0.29) is 5.91 Å². The predicted molar refractivity (Wildman–Crippen MR) is 82.7 cm³/mol. The van der Waals surface area contributed by atoms with Crippen LogP contribution in [0, 0.1) is 13.8 Å². The van der Waals surface area contributed by atoms with Crippen LogP contribution in [0.2, 0.25) is 0 Å². The predicted octanol–water partition coefficient (Wildman–Crippen LogP) is 3.11. The van der Waals surface area contributed by atoms with E-state index < -0.39 is 5.97 Å². The fourth-order valence-electron chi connectivity index (χ4n) is 1.70. The van der Waals surface area contributed by atoms with Gasteiger partial charge in [0.2, 0.25) is 0 Å². The molecule has 0 aliphatic carbocycles. The molecule has 1 amide bonds. The first-order valence-corrected chi connectivity index (χ1v) is 7.03. The second-order valence-corrected chi connectivity index (χ2v) is 5.71. The smallest absolute Gasteiger partial charge is 0.328 e. The molecule has 0 atom stereocenters. The summed E-state index contributed by atoms with van der Waals surface area (Å²) in [7, 11) is 0. The second-order valence-electron chi connectivity index (χ2n) is 4.47. The van der Waals surface area contributed by atoms with Crippen LogP contribution in [-0.4, -0.2) is 22.0 Å². The maximum absolute atomic E-state index is 12.1. The van der Waals surface area contributed by atoms with Gasteiger partial charge in [0.25, 0.3) is 5.91 Å². The molecule has 1 aromatic carbocycles. The zero-order valence-electron chi connectivity index (χ0n) is 11.6. The monoisotopic (exact) mass is 302 g/mol. The number of amides is 1. The summed E-state index contributed by atoms with van der Waals surface area (Å²) in [5.74, 6) is -1.29. The highest BCUT2D eigenvalue weighted by molar-refractivity contribution is 7.15. The number of thiazole rings is 1. The number of anilines is 1. The Balaban J connectivity index is 2.21. The largest absolute Gasteiger partial charge is 0.478 e. The van der Waals surface area contributed by atoms with Gasteiger partial charge in [0, 0.05) is 22.7 Å². The number of benzene rings is 1. The summed E-state index contributed by atoms with van der Waals surface area (Å²) < 4.78 is 0. The summed E-state index contributed by atoms with van der Waals surface area (Å²) in [5, 5.41) is 11.9. The van der Waals surface area contributed by atoms with E-state index in [1.807, 2.05) is 13.8 Å². The average molecular weight is 302 g/mol. The second kappa shape index (κ2) is 6.32. The van der Waals surface area contributed by atoms with Crippen molar-refractivity contribution in [3.8, 4) is 0 Å². The number of aromatic nitrogens is 1. The zero-order valence-corrected chi connectivity index (χ0v) is 12.4. The van der Waals surface area contributed by atoms with E-state index in [1.54, 1.807) is 24.4 Å². The number of carbonyl (C=O) groups excluding carboxylic acids is 1. The van der Waals surface area contributed by atoms with Gasteiger partial charge >= 0.3 is 5.97 Å². The highest BCUT2D eigenvalue weighted by Crippen LogP contribution is 2.19. The standard InChI is InChI=1S/C15H14N2O3S/c1-9-3-4-12(7-11(9)5-6-13(18)19)14(20)17-15-16-8-10(2)21-15/h3-8H,1-2H3,(H,18,19)(H,16,17,20)/b6-5+. The number of hydrogen-bond donors (Lipinski definition) is 2. The summed E-state index contributed by atoms with van der Waals surface area (Å²) in [4.78, 5) is 27.8. The summed E-state index contributed by atoms with van der Waals surface area (Å²) in [6.45, 7) is 3.77. The van der Waals surface area contributed by atoms with Crippen LogP contribution in [0.5, 0.6) is 0 Å². The van der Waals surface area contributed by atoms with Crippen LogP contribution in [0.4, 0.5) is 5.13 Å². The lowest BCUT2D eigenvalue weighted by Crippen LogP contribution is -2.11. The molecule has 5 nitrogen and oxygen atoms in total. The number of aryl methyl sites for hydroxylation is 2. The first-order valence-electron chi connectivity index (χ1n) is 6.21. The quantitative estimate of drug-likeness (QED) is 0.850. The molecule has 0 radical (unpaired) electrons. The molecule has 1 aromatic heterocycles. The lowest BCUT2D eigenvalue weighted by atomic mass is 10.0. The van der Waals surface area contributed by atoms with Gasteiger partial charge in [-0.25, -0.2) is 9.78 Å². The average Bonchev–Trinajstić information content (AvgIpc) is 2.83.